The lowest BCUT2D eigenvalue weighted by atomic mass is 10.2. The summed E-state index contributed by atoms with van der Waals surface area (Å²) < 4.78 is 10.4. The van der Waals surface area contributed by atoms with E-state index in [9.17, 15) is 0 Å². The Balaban J connectivity index is 0.000000531. The number of nitrogens with zero attached hydrogens (tertiary/aromatic N) is 1. The molecule has 82 valence electrons. The third-order valence-electron chi connectivity index (χ3n) is 1.92. The maximum atomic E-state index is 5.32. The molecule has 15 heavy (non-hydrogen) atoms. The van der Waals surface area contributed by atoms with Crippen molar-refractivity contribution in [2.45, 2.75) is 13.8 Å². The van der Waals surface area contributed by atoms with Crippen molar-refractivity contribution in [2.75, 3.05) is 20.3 Å². The molecule has 0 atom stereocenters. The summed E-state index contributed by atoms with van der Waals surface area (Å²) in [6, 6.07) is 7.70. The minimum Gasteiger partial charge on any atom is -0.497 e. The predicted octanol–water partition coefficient (Wildman–Crippen LogP) is 2.50. The fourth-order valence-corrected chi connectivity index (χ4v) is 1.24. The van der Waals surface area contributed by atoms with Crippen LogP contribution < -0.4 is 4.74 Å². The average molecular weight is 207 g/mol. The normalized spacial score (nSPS) is 13.4. The Hall–Kier alpha value is -1.51. The molecular weight excluding hydrogens is 190 g/mol. The summed E-state index contributed by atoms with van der Waals surface area (Å²) >= 11 is 0. The molecule has 1 aliphatic rings. The van der Waals surface area contributed by atoms with Crippen LogP contribution in [0, 0.1) is 0 Å². The van der Waals surface area contributed by atoms with Gasteiger partial charge in [-0.05, 0) is 24.3 Å². The fourth-order valence-electron chi connectivity index (χ4n) is 1.24. The van der Waals surface area contributed by atoms with E-state index >= 15 is 0 Å². The Morgan fingerprint density at radius 2 is 1.87 bits per heavy atom. The van der Waals surface area contributed by atoms with Gasteiger partial charge in [0.25, 0.3) is 0 Å². The van der Waals surface area contributed by atoms with E-state index in [0.717, 1.165) is 23.8 Å². The average Bonchev–Trinajstić information content (AvgIpc) is 2.85. The highest BCUT2D eigenvalue weighted by Crippen LogP contribution is 2.13. The number of aliphatic imine (C=N–C) groups is 1. The smallest absolute Gasteiger partial charge is 0.216 e. The molecule has 3 nitrogen and oxygen atoms in total. The van der Waals surface area contributed by atoms with Gasteiger partial charge < -0.3 is 9.47 Å². The monoisotopic (exact) mass is 207 g/mol. The molecule has 0 amide bonds. The van der Waals surface area contributed by atoms with Crippen molar-refractivity contribution in [1.29, 1.82) is 0 Å². The Morgan fingerprint density at radius 1 is 1.20 bits per heavy atom. The second-order valence-electron chi connectivity index (χ2n) is 2.76. The van der Waals surface area contributed by atoms with Gasteiger partial charge in [0.05, 0.1) is 13.7 Å². The second-order valence-corrected chi connectivity index (χ2v) is 2.76. The van der Waals surface area contributed by atoms with Crippen molar-refractivity contribution in [3.63, 3.8) is 0 Å². The summed E-state index contributed by atoms with van der Waals surface area (Å²) in [6.45, 7) is 5.46. The van der Waals surface area contributed by atoms with Crippen LogP contribution in [0.25, 0.3) is 0 Å². The fraction of sp³-hybridized carbons (Fsp3) is 0.417. The van der Waals surface area contributed by atoms with E-state index in [2.05, 4.69) is 4.99 Å². The maximum absolute atomic E-state index is 5.32. The summed E-state index contributed by atoms with van der Waals surface area (Å²) in [6.07, 6.45) is 0. The molecule has 1 aromatic carbocycles. The van der Waals surface area contributed by atoms with Crippen LogP contribution in [0.1, 0.15) is 19.4 Å². The van der Waals surface area contributed by atoms with Gasteiger partial charge in [-0.15, -0.1) is 0 Å². The molecule has 0 bridgehead atoms. The molecule has 1 heterocycles. The number of ether oxygens (including phenoxy) is 2. The highest BCUT2D eigenvalue weighted by Gasteiger charge is 2.09. The first kappa shape index (κ1) is 11.6. The number of hydrogen-bond acceptors (Lipinski definition) is 3. The van der Waals surface area contributed by atoms with Gasteiger partial charge in [0.2, 0.25) is 5.90 Å². The molecule has 0 N–H and O–H groups in total. The number of hydrogen-bond donors (Lipinski definition) is 0. The van der Waals surface area contributed by atoms with Gasteiger partial charge >= 0.3 is 0 Å². The van der Waals surface area contributed by atoms with Crippen LogP contribution in [0.3, 0.4) is 0 Å². The van der Waals surface area contributed by atoms with Crippen LogP contribution in [0.4, 0.5) is 0 Å². The lowest BCUT2D eigenvalue weighted by Crippen LogP contribution is -2.00. The molecule has 0 aromatic heterocycles. The zero-order valence-corrected chi connectivity index (χ0v) is 9.49. The molecule has 2 rings (SSSR count). The van der Waals surface area contributed by atoms with Crippen molar-refractivity contribution >= 4 is 5.90 Å². The van der Waals surface area contributed by atoms with Gasteiger partial charge in [0.1, 0.15) is 12.4 Å². The standard InChI is InChI=1S/C10H11NO2.C2H6/c1-12-9-4-2-8(3-5-9)10-11-6-7-13-10;1-2/h2-5H,6-7H2,1H3;1-2H3. The number of methoxy groups -OCH3 is 1. The first-order valence-corrected chi connectivity index (χ1v) is 5.22. The van der Waals surface area contributed by atoms with Crippen LogP contribution >= 0.6 is 0 Å². The minimum atomic E-state index is 0.696. The molecule has 3 heteroatoms. The van der Waals surface area contributed by atoms with Gasteiger partial charge in [-0.3, -0.25) is 0 Å². The van der Waals surface area contributed by atoms with E-state index in [1.807, 2.05) is 38.1 Å². The van der Waals surface area contributed by atoms with Crippen LogP contribution in [-0.4, -0.2) is 26.2 Å². The van der Waals surface area contributed by atoms with Gasteiger partial charge in [-0.2, -0.15) is 0 Å². The van der Waals surface area contributed by atoms with Gasteiger partial charge in [0, 0.05) is 5.56 Å². The number of benzene rings is 1. The summed E-state index contributed by atoms with van der Waals surface area (Å²) in [5.41, 5.74) is 1.01. The van der Waals surface area contributed by atoms with E-state index in [4.69, 9.17) is 9.47 Å². The quantitative estimate of drug-likeness (QED) is 0.746. The summed E-state index contributed by atoms with van der Waals surface area (Å²) in [7, 11) is 1.65. The van der Waals surface area contributed by atoms with E-state index in [1.165, 1.54) is 0 Å². The zero-order valence-electron chi connectivity index (χ0n) is 9.49. The Kier molecular flexibility index (Phi) is 4.68. The van der Waals surface area contributed by atoms with Gasteiger partial charge in [-0.25, -0.2) is 4.99 Å². The van der Waals surface area contributed by atoms with Crippen LogP contribution in [-0.2, 0) is 4.74 Å². The Labute approximate surface area is 90.7 Å². The van der Waals surface area contributed by atoms with Crippen LogP contribution in [0.5, 0.6) is 5.75 Å². The summed E-state index contributed by atoms with van der Waals surface area (Å²) in [4.78, 5) is 4.22. The van der Waals surface area contributed by atoms with Crippen molar-refractivity contribution in [1.82, 2.24) is 0 Å². The minimum absolute atomic E-state index is 0.696. The first-order valence-electron chi connectivity index (χ1n) is 5.22. The lowest BCUT2D eigenvalue weighted by molar-refractivity contribution is 0.348. The lowest BCUT2D eigenvalue weighted by Gasteiger charge is -2.02. The molecule has 0 spiro atoms. The van der Waals surface area contributed by atoms with E-state index in [0.29, 0.717) is 6.61 Å². The summed E-state index contributed by atoms with van der Waals surface area (Å²) in [5, 5.41) is 0. The van der Waals surface area contributed by atoms with Crippen molar-refractivity contribution in [3.05, 3.63) is 29.8 Å². The van der Waals surface area contributed by atoms with Crippen molar-refractivity contribution in [3.8, 4) is 5.75 Å². The molecular formula is C12H17NO2. The Bertz CT molecular complexity index is 317. The van der Waals surface area contributed by atoms with Gasteiger partial charge in [-0.1, -0.05) is 13.8 Å². The van der Waals surface area contributed by atoms with E-state index < -0.39 is 0 Å². The van der Waals surface area contributed by atoms with Gasteiger partial charge in [0.15, 0.2) is 0 Å². The topological polar surface area (TPSA) is 30.8 Å². The molecule has 1 aliphatic heterocycles. The highest BCUT2D eigenvalue weighted by molar-refractivity contribution is 5.94. The summed E-state index contributed by atoms with van der Waals surface area (Å²) in [5.74, 6) is 1.59. The van der Waals surface area contributed by atoms with Crippen molar-refractivity contribution < 1.29 is 9.47 Å². The molecule has 0 aliphatic carbocycles. The van der Waals surface area contributed by atoms with Crippen LogP contribution in [0.2, 0.25) is 0 Å². The van der Waals surface area contributed by atoms with E-state index in [-0.39, 0.29) is 0 Å². The molecule has 0 fully saturated rings. The largest absolute Gasteiger partial charge is 0.497 e. The second kappa shape index (κ2) is 6.06. The molecule has 0 saturated heterocycles. The molecule has 1 aromatic rings. The molecule has 0 radical (unpaired) electrons. The third-order valence-corrected chi connectivity index (χ3v) is 1.92. The number of rotatable bonds is 2. The first-order chi connectivity index (χ1) is 7.40. The Morgan fingerprint density at radius 3 is 2.33 bits per heavy atom. The molecule has 0 saturated carbocycles. The maximum Gasteiger partial charge on any atom is 0.216 e. The molecule has 0 unspecified atom stereocenters. The van der Waals surface area contributed by atoms with E-state index in [1.54, 1.807) is 7.11 Å². The highest BCUT2D eigenvalue weighted by atomic mass is 16.5. The zero-order chi connectivity index (χ0) is 11.1. The SMILES string of the molecule is CC.COc1ccc(C2=NCCO2)cc1. The van der Waals surface area contributed by atoms with Crippen molar-refractivity contribution in [2.24, 2.45) is 4.99 Å². The van der Waals surface area contributed by atoms with Crippen LogP contribution in [0.15, 0.2) is 29.3 Å². The third kappa shape index (κ3) is 2.98. The predicted molar refractivity (Wildman–Crippen MR) is 61.7 cm³/mol.